The number of amidine groups is 1. The molecule has 1 aliphatic heterocycles. The Morgan fingerprint density at radius 3 is 2.81 bits per heavy atom. The molecule has 5 nitrogen and oxygen atoms in total. The molecule has 136 valence electrons. The molecule has 1 aliphatic rings. The van der Waals surface area contributed by atoms with Crippen LogP contribution in [0.5, 0.6) is 0 Å². The van der Waals surface area contributed by atoms with Crippen LogP contribution in [0, 0.1) is 18.6 Å². The van der Waals surface area contributed by atoms with Gasteiger partial charge in [0.2, 0.25) is 0 Å². The molecule has 1 N–H and O–H groups in total. The van der Waals surface area contributed by atoms with Crippen molar-refractivity contribution in [3.63, 3.8) is 0 Å². The molecule has 0 bridgehead atoms. The lowest BCUT2D eigenvalue weighted by molar-refractivity contribution is -0.136. The number of aromatic nitrogens is 1. The summed E-state index contributed by atoms with van der Waals surface area (Å²) < 4.78 is 32.5. The van der Waals surface area contributed by atoms with E-state index in [9.17, 15) is 13.6 Å². The highest BCUT2D eigenvalue weighted by Crippen LogP contribution is 2.35. The Bertz CT molecular complexity index is 913. The lowest BCUT2D eigenvalue weighted by atomic mass is 9.92. The van der Waals surface area contributed by atoms with Gasteiger partial charge >= 0.3 is 5.97 Å². The molecule has 0 radical (unpaired) electrons. The molecule has 2 aromatic rings. The molecule has 1 atom stereocenters. The van der Waals surface area contributed by atoms with Crippen molar-refractivity contribution < 1.29 is 18.3 Å². The summed E-state index contributed by atoms with van der Waals surface area (Å²) in [6.45, 7) is 1.46. The van der Waals surface area contributed by atoms with E-state index in [1.54, 1.807) is 11.6 Å². The van der Waals surface area contributed by atoms with Gasteiger partial charge in [-0.25, -0.2) is 18.6 Å². The van der Waals surface area contributed by atoms with Gasteiger partial charge in [0.05, 0.1) is 12.7 Å². The number of thiazole rings is 1. The van der Waals surface area contributed by atoms with Crippen LogP contribution in [0.3, 0.4) is 0 Å². The largest absolute Gasteiger partial charge is 0.466 e. The van der Waals surface area contributed by atoms with E-state index in [1.165, 1.54) is 31.4 Å². The summed E-state index contributed by atoms with van der Waals surface area (Å²) >= 11 is 4.72. The van der Waals surface area contributed by atoms with Crippen LogP contribution in [-0.2, 0) is 9.53 Å². The number of benzene rings is 1. The molecule has 0 saturated heterocycles. The summed E-state index contributed by atoms with van der Waals surface area (Å²) in [5.41, 5.74) is 1.25. The molecule has 2 heterocycles. The van der Waals surface area contributed by atoms with E-state index in [1.807, 2.05) is 0 Å². The predicted octanol–water partition coefficient (Wildman–Crippen LogP) is 3.64. The van der Waals surface area contributed by atoms with Gasteiger partial charge in [0.25, 0.3) is 0 Å². The number of nitrogens with one attached hydrogen (secondary N) is 1. The zero-order valence-corrected chi connectivity index (χ0v) is 16.2. The zero-order valence-electron chi connectivity index (χ0n) is 13.8. The minimum absolute atomic E-state index is 0.0921. The summed E-state index contributed by atoms with van der Waals surface area (Å²) in [6, 6.07) is 1.62. The summed E-state index contributed by atoms with van der Waals surface area (Å²) in [7, 11) is 1.26. The smallest absolute Gasteiger partial charge is 0.338 e. The highest BCUT2D eigenvalue weighted by molar-refractivity contribution is 9.09. The molecule has 0 aliphatic carbocycles. The average Bonchev–Trinajstić information content (AvgIpc) is 3.19. The number of hydrogen-bond donors (Lipinski definition) is 1. The summed E-state index contributed by atoms with van der Waals surface area (Å²) in [5, 5.41) is 5.82. The van der Waals surface area contributed by atoms with Crippen molar-refractivity contribution in [2.45, 2.75) is 13.0 Å². The average molecular weight is 442 g/mol. The van der Waals surface area contributed by atoms with Crippen LogP contribution in [-0.4, -0.2) is 29.2 Å². The molecule has 26 heavy (non-hydrogen) atoms. The number of allylic oxidation sites excluding steroid dienone is 1. The molecule has 9 heteroatoms. The van der Waals surface area contributed by atoms with Gasteiger partial charge in [-0.2, -0.15) is 0 Å². The second kappa shape index (κ2) is 7.63. The van der Waals surface area contributed by atoms with Crippen molar-refractivity contribution >= 4 is 39.1 Å². The third-order valence-corrected chi connectivity index (χ3v) is 5.32. The van der Waals surface area contributed by atoms with Gasteiger partial charge in [0, 0.05) is 22.6 Å². The molecule has 1 aromatic carbocycles. The Labute approximate surface area is 160 Å². The van der Waals surface area contributed by atoms with Crippen molar-refractivity contribution in [2.75, 3.05) is 12.4 Å². The van der Waals surface area contributed by atoms with E-state index < -0.39 is 23.6 Å². The minimum atomic E-state index is -0.961. The van der Waals surface area contributed by atoms with Crippen molar-refractivity contribution in [1.29, 1.82) is 0 Å². The topological polar surface area (TPSA) is 63.6 Å². The van der Waals surface area contributed by atoms with Gasteiger partial charge < -0.3 is 10.1 Å². The molecule has 3 rings (SSSR count). The fraction of sp³-hybridized carbons (Fsp3) is 0.235. The van der Waals surface area contributed by atoms with Crippen LogP contribution in [0.2, 0.25) is 0 Å². The second-order valence-corrected chi connectivity index (χ2v) is 6.89. The SMILES string of the molecule is COC(=O)C1=C(CBr)NC(c2nccs2)=NC1c1ccc(F)c(F)c1C. The third kappa shape index (κ3) is 3.28. The van der Waals surface area contributed by atoms with Gasteiger partial charge in [0.1, 0.15) is 6.04 Å². The fourth-order valence-electron chi connectivity index (χ4n) is 2.69. The quantitative estimate of drug-likeness (QED) is 0.580. The zero-order chi connectivity index (χ0) is 18.8. The highest BCUT2D eigenvalue weighted by atomic mass is 79.9. The first-order chi connectivity index (χ1) is 12.5. The molecule has 0 amide bonds. The number of methoxy groups -OCH3 is 1. The number of carbonyl (C=O) groups is 1. The van der Waals surface area contributed by atoms with Crippen molar-refractivity contribution in [1.82, 2.24) is 10.3 Å². The number of esters is 1. The van der Waals surface area contributed by atoms with Crippen LogP contribution < -0.4 is 5.32 Å². The normalized spacial score (nSPS) is 17.0. The van der Waals surface area contributed by atoms with E-state index in [-0.39, 0.29) is 11.1 Å². The van der Waals surface area contributed by atoms with Gasteiger partial charge in [-0.15, -0.1) is 11.3 Å². The number of ether oxygens (including phenoxy) is 1. The molecular weight excluding hydrogens is 428 g/mol. The van der Waals surface area contributed by atoms with Gasteiger partial charge in [-0.3, -0.25) is 4.99 Å². The summed E-state index contributed by atoms with van der Waals surface area (Å²) in [5.74, 6) is -2.05. The molecule has 1 unspecified atom stereocenters. The number of halogens is 3. The Balaban J connectivity index is 2.21. The first kappa shape index (κ1) is 18.7. The predicted molar refractivity (Wildman–Crippen MR) is 98.5 cm³/mol. The van der Waals surface area contributed by atoms with Gasteiger partial charge in [0.15, 0.2) is 22.5 Å². The maximum Gasteiger partial charge on any atom is 0.338 e. The third-order valence-electron chi connectivity index (χ3n) is 3.98. The van der Waals surface area contributed by atoms with Crippen LogP contribution >= 0.6 is 27.3 Å². The van der Waals surface area contributed by atoms with Crippen molar-refractivity contribution in [2.24, 2.45) is 4.99 Å². The molecule has 1 aromatic heterocycles. The molecular formula is C17H14BrF2N3O2S. The first-order valence-electron chi connectivity index (χ1n) is 7.54. The monoisotopic (exact) mass is 441 g/mol. The molecule has 0 fully saturated rings. The van der Waals surface area contributed by atoms with Crippen LogP contribution in [0.4, 0.5) is 8.78 Å². The Morgan fingerprint density at radius 1 is 1.42 bits per heavy atom. The lowest BCUT2D eigenvalue weighted by Gasteiger charge is -2.27. The van der Waals surface area contributed by atoms with E-state index in [2.05, 4.69) is 31.2 Å². The number of rotatable bonds is 4. The highest BCUT2D eigenvalue weighted by Gasteiger charge is 2.33. The maximum atomic E-state index is 14.1. The maximum absolute atomic E-state index is 14.1. The first-order valence-corrected chi connectivity index (χ1v) is 9.54. The summed E-state index contributed by atoms with van der Waals surface area (Å²) in [4.78, 5) is 21.2. The van der Waals surface area contributed by atoms with E-state index in [0.29, 0.717) is 27.4 Å². The van der Waals surface area contributed by atoms with Crippen molar-refractivity contribution in [3.05, 3.63) is 62.7 Å². The van der Waals surface area contributed by atoms with Crippen LogP contribution in [0.25, 0.3) is 0 Å². The standard InChI is InChI=1S/C17H14BrF2N3O2S/c1-8-9(3-4-10(19)13(8)20)14-12(17(24)25-2)11(7-18)22-15(23-14)16-21-5-6-26-16/h3-6,14H,7H2,1-2H3,(H,22,23). The minimum Gasteiger partial charge on any atom is -0.466 e. The van der Waals surface area contributed by atoms with Gasteiger partial charge in [-0.1, -0.05) is 22.0 Å². The van der Waals surface area contributed by atoms with Crippen LogP contribution in [0.15, 0.2) is 40.0 Å². The van der Waals surface area contributed by atoms with Crippen LogP contribution in [0.1, 0.15) is 22.2 Å². The van der Waals surface area contributed by atoms with E-state index in [0.717, 1.165) is 6.07 Å². The molecule has 0 spiro atoms. The molecule has 0 saturated carbocycles. The lowest BCUT2D eigenvalue weighted by Crippen LogP contribution is -2.34. The van der Waals surface area contributed by atoms with Crippen molar-refractivity contribution in [3.8, 4) is 0 Å². The number of alkyl halides is 1. The Morgan fingerprint density at radius 2 is 2.19 bits per heavy atom. The fourth-order valence-corrected chi connectivity index (χ4v) is 3.72. The van der Waals surface area contributed by atoms with E-state index in [4.69, 9.17) is 4.74 Å². The number of hydrogen-bond acceptors (Lipinski definition) is 6. The number of carbonyl (C=O) groups excluding carboxylic acids is 1. The number of nitrogens with zero attached hydrogens (tertiary/aromatic N) is 2. The van der Waals surface area contributed by atoms with Gasteiger partial charge in [-0.05, 0) is 24.1 Å². The van der Waals surface area contributed by atoms with E-state index >= 15 is 0 Å². The Kier molecular flexibility index (Phi) is 5.47. The summed E-state index contributed by atoms with van der Waals surface area (Å²) in [6.07, 6.45) is 1.63. The Hall–Kier alpha value is -2.13. The second-order valence-electron chi connectivity index (χ2n) is 5.44. The number of aliphatic imine (C=N–C) groups is 1.